The highest BCUT2D eigenvalue weighted by molar-refractivity contribution is 5.91. The molecule has 1 N–H and O–H groups in total. The molecular formula is C20H26N4O3. The lowest BCUT2D eigenvalue weighted by atomic mass is 9.94. The number of aromatic nitrogens is 2. The first-order chi connectivity index (χ1) is 13.2. The minimum atomic E-state index is -0.298. The monoisotopic (exact) mass is 370 g/mol. The van der Waals surface area contributed by atoms with Crippen LogP contribution in [0.15, 0.2) is 35.1 Å². The second-order valence-electron chi connectivity index (χ2n) is 7.57. The molecule has 2 saturated heterocycles. The maximum atomic E-state index is 12.6. The minimum Gasteiger partial charge on any atom is -0.393 e. The Kier molecular flexibility index (Phi) is 5.50. The number of carbonyl (C=O) groups is 1. The van der Waals surface area contributed by atoms with Crippen molar-refractivity contribution >= 4 is 5.91 Å². The fourth-order valence-corrected chi connectivity index (χ4v) is 3.99. The van der Waals surface area contributed by atoms with Crippen LogP contribution in [0, 0.1) is 0 Å². The molecule has 0 aromatic carbocycles. The number of rotatable bonds is 4. The van der Waals surface area contributed by atoms with Crippen molar-refractivity contribution in [2.75, 3.05) is 26.2 Å². The van der Waals surface area contributed by atoms with E-state index < -0.39 is 0 Å². The lowest BCUT2D eigenvalue weighted by Crippen LogP contribution is -2.39. The highest BCUT2D eigenvalue weighted by atomic mass is 16.5. The van der Waals surface area contributed by atoms with E-state index in [-0.39, 0.29) is 17.9 Å². The number of nitrogens with zero attached hydrogens (tertiary/aromatic N) is 4. The van der Waals surface area contributed by atoms with Crippen molar-refractivity contribution in [2.45, 2.75) is 44.2 Å². The van der Waals surface area contributed by atoms with Crippen LogP contribution in [0.3, 0.4) is 0 Å². The quantitative estimate of drug-likeness (QED) is 0.887. The van der Waals surface area contributed by atoms with E-state index in [0.717, 1.165) is 38.2 Å². The third-order valence-electron chi connectivity index (χ3n) is 5.57. The summed E-state index contributed by atoms with van der Waals surface area (Å²) in [6.45, 7) is 4.02. The van der Waals surface area contributed by atoms with Gasteiger partial charge in [0, 0.05) is 50.6 Å². The Morgan fingerprint density at radius 2 is 1.96 bits per heavy atom. The van der Waals surface area contributed by atoms with Gasteiger partial charge in [-0.15, -0.1) is 0 Å². The zero-order chi connectivity index (χ0) is 18.6. The van der Waals surface area contributed by atoms with Gasteiger partial charge >= 0.3 is 0 Å². The molecule has 0 unspecified atom stereocenters. The zero-order valence-corrected chi connectivity index (χ0v) is 15.5. The van der Waals surface area contributed by atoms with E-state index in [9.17, 15) is 9.90 Å². The van der Waals surface area contributed by atoms with Gasteiger partial charge < -0.3 is 14.5 Å². The highest BCUT2D eigenvalue weighted by Crippen LogP contribution is 2.28. The van der Waals surface area contributed by atoms with E-state index in [2.05, 4.69) is 15.0 Å². The van der Waals surface area contributed by atoms with Crippen LogP contribution in [0.4, 0.5) is 0 Å². The second-order valence-corrected chi connectivity index (χ2v) is 7.57. The first kappa shape index (κ1) is 18.1. The normalized spacial score (nSPS) is 22.1. The van der Waals surface area contributed by atoms with Gasteiger partial charge in [0.15, 0.2) is 0 Å². The first-order valence-corrected chi connectivity index (χ1v) is 9.74. The summed E-state index contributed by atoms with van der Waals surface area (Å²) in [6.07, 6.45) is 6.77. The van der Waals surface area contributed by atoms with Crippen LogP contribution in [-0.4, -0.2) is 63.2 Å². The number of carbonyl (C=O) groups excluding carboxylic acids is 1. The SMILES string of the molecule is O=C(c1cc([C@@H]2CCCN(Cc3ccncc3)C2)no1)N1CCC(O)CC1. The molecule has 1 amide bonds. The van der Waals surface area contributed by atoms with Gasteiger partial charge in [-0.25, -0.2) is 0 Å². The molecule has 2 aromatic rings. The third-order valence-corrected chi connectivity index (χ3v) is 5.57. The number of pyridine rings is 1. The summed E-state index contributed by atoms with van der Waals surface area (Å²) >= 11 is 0. The largest absolute Gasteiger partial charge is 0.393 e. The average molecular weight is 370 g/mol. The molecule has 2 aromatic heterocycles. The average Bonchev–Trinajstić information content (AvgIpc) is 3.19. The molecule has 0 spiro atoms. The van der Waals surface area contributed by atoms with Crippen LogP contribution in [-0.2, 0) is 6.54 Å². The summed E-state index contributed by atoms with van der Waals surface area (Å²) in [5.41, 5.74) is 2.13. The molecule has 7 nitrogen and oxygen atoms in total. The molecule has 2 fully saturated rings. The summed E-state index contributed by atoms with van der Waals surface area (Å²) < 4.78 is 5.38. The summed E-state index contributed by atoms with van der Waals surface area (Å²) in [5, 5.41) is 13.8. The number of amides is 1. The van der Waals surface area contributed by atoms with Crippen LogP contribution in [0.1, 0.15) is 53.4 Å². The Labute approximate surface area is 159 Å². The van der Waals surface area contributed by atoms with Gasteiger partial charge in [-0.3, -0.25) is 14.7 Å². The molecule has 0 saturated carbocycles. The molecule has 2 aliphatic rings. The van der Waals surface area contributed by atoms with Crippen molar-refractivity contribution in [3.63, 3.8) is 0 Å². The summed E-state index contributed by atoms with van der Waals surface area (Å²) in [7, 11) is 0. The summed E-state index contributed by atoms with van der Waals surface area (Å²) in [6, 6.07) is 5.91. The lowest BCUT2D eigenvalue weighted by molar-refractivity contribution is 0.0512. The number of aliphatic hydroxyl groups is 1. The molecule has 0 bridgehead atoms. The van der Waals surface area contributed by atoms with Crippen LogP contribution >= 0.6 is 0 Å². The van der Waals surface area contributed by atoms with Crippen LogP contribution in [0.5, 0.6) is 0 Å². The molecule has 2 aliphatic heterocycles. The smallest absolute Gasteiger partial charge is 0.292 e. The molecular weight excluding hydrogens is 344 g/mol. The zero-order valence-electron chi connectivity index (χ0n) is 15.5. The van der Waals surface area contributed by atoms with E-state index in [1.807, 2.05) is 30.6 Å². The van der Waals surface area contributed by atoms with Crippen molar-refractivity contribution < 1.29 is 14.4 Å². The lowest BCUT2D eigenvalue weighted by Gasteiger charge is -2.31. The van der Waals surface area contributed by atoms with Crippen molar-refractivity contribution in [2.24, 2.45) is 0 Å². The van der Waals surface area contributed by atoms with Crippen LogP contribution < -0.4 is 0 Å². The van der Waals surface area contributed by atoms with Gasteiger partial charge in [0.25, 0.3) is 5.91 Å². The van der Waals surface area contributed by atoms with Crippen molar-refractivity contribution in [1.29, 1.82) is 0 Å². The van der Waals surface area contributed by atoms with Crippen molar-refractivity contribution in [1.82, 2.24) is 19.9 Å². The van der Waals surface area contributed by atoms with E-state index >= 15 is 0 Å². The predicted molar refractivity (Wildman–Crippen MR) is 99.1 cm³/mol. The molecule has 0 radical (unpaired) electrons. The topological polar surface area (TPSA) is 82.7 Å². The number of aliphatic hydroxyl groups excluding tert-OH is 1. The van der Waals surface area contributed by atoms with Gasteiger partial charge in [-0.1, -0.05) is 5.16 Å². The van der Waals surface area contributed by atoms with Crippen LogP contribution in [0.2, 0.25) is 0 Å². The van der Waals surface area contributed by atoms with E-state index in [0.29, 0.717) is 31.7 Å². The van der Waals surface area contributed by atoms with E-state index in [4.69, 9.17) is 4.52 Å². The van der Waals surface area contributed by atoms with Gasteiger partial charge in [-0.2, -0.15) is 0 Å². The standard InChI is InChI=1S/C20H26N4O3/c25-17-5-10-24(11-6-17)20(26)19-12-18(22-27-19)16-2-1-9-23(14-16)13-15-3-7-21-8-4-15/h3-4,7-8,12,16-17,25H,1-2,5-6,9-11,13-14H2/t16-/m1/s1. The maximum Gasteiger partial charge on any atom is 0.292 e. The molecule has 0 aliphatic carbocycles. The number of hydrogen-bond acceptors (Lipinski definition) is 6. The molecule has 4 rings (SSSR count). The molecule has 1 atom stereocenters. The summed E-state index contributed by atoms with van der Waals surface area (Å²) in [5.74, 6) is 0.479. The summed E-state index contributed by atoms with van der Waals surface area (Å²) in [4.78, 5) is 20.8. The van der Waals surface area contributed by atoms with E-state index in [1.54, 1.807) is 4.90 Å². The first-order valence-electron chi connectivity index (χ1n) is 9.74. The molecule has 4 heterocycles. The molecule has 144 valence electrons. The Morgan fingerprint density at radius 1 is 1.19 bits per heavy atom. The Morgan fingerprint density at radius 3 is 2.74 bits per heavy atom. The molecule has 27 heavy (non-hydrogen) atoms. The van der Waals surface area contributed by atoms with Gasteiger partial charge in [0.05, 0.1) is 11.8 Å². The third kappa shape index (κ3) is 4.36. The Bertz CT molecular complexity index is 756. The highest BCUT2D eigenvalue weighted by Gasteiger charge is 2.28. The number of piperidine rings is 2. The number of likely N-dealkylation sites (tertiary alicyclic amines) is 2. The predicted octanol–water partition coefficient (Wildman–Crippen LogP) is 2.05. The van der Waals surface area contributed by atoms with Gasteiger partial charge in [0.2, 0.25) is 5.76 Å². The van der Waals surface area contributed by atoms with Crippen LogP contribution in [0.25, 0.3) is 0 Å². The second kappa shape index (κ2) is 8.19. The number of hydrogen-bond donors (Lipinski definition) is 1. The Hall–Kier alpha value is -2.25. The fourth-order valence-electron chi connectivity index (χ4n) is 3.99. The minimum absolute atomic E-state index is 0.120. The maximum absolute atomic E-state index is 12.6. The van der Waals surface area contributed by atoms with Gasteiger partial charge in [-0.05, 0) is 49.9 Å². The van der Waals surface area contributed by atoms with E-state index in [1.165, 1.54) is 5.56 Å². The fraction of sp³-hybridized carbons (Fsp3) is 0.550. The van der Waals surface area contributed by atoms with Crippen molar-refractivity contribution in [3.8, 4) is 0 Å². The van der Waals surface area contributed by atoms with Gasteiger partial charge in [0.1, 0.15) is 0 Å². The van der Waals surface area contributed by atoms with Crippen molar-refractivity contribution in [3.05, 3.63) is 47.6 Å². The Balaban J connectivity index is 1.38. The molecule has 7 heteroatoms.